The Morgan fingerprint density at radius 2 is 1.74 bits per heavy atom. The number of aliphatic imine (C=N–C) groups is 1. The molecule has 8 heteroatoms. The van der Waals surface area contributed by atoms with Crippen molar-refractivity contribution in [2.45, 2.75) is 12.8 Å². The predicted octanol–water partition coefficient (Wildman–Crippen LogP) is -1.49. The minimum atomic E-state index is -0.751. The van der Waals surface area contributed by atoms with Crippen LogP contribution in [0.3, 0.4) is 0 Å². The number of nitriles is 2. The standard InChI is InChI=1S/C15H19N7Se/c16-5-13-7-19-8-14(6-17,15(13)1-3-18-4-2-15)12(23)22-10-20-9-21-11(13)22/h18-20H,1-4,7-10H2. The molecule has 120 valence electrons. The molecule has 0 amide bonds. The maximum absolute atomic E-state index is 10.3. The van der Waals surface area contributed by atoms with E-state index in [1.807, 2.05) is 4.90 Å². The van der Waals surface area contributed by atoms with Gasteiger partial charge in [0.25, 0.3) is 0 Å². The van der Waals surface area contributed by atoms with E-state index < -0.39 is 16.2 Å². The minimum absolute atomic E-state index is 0.396. The molecule has 23 heavy (non-hydrogen) atoms. The number of hydrogen-bond donors (Lipinski definition) is 3. The van der Waals surface area contributed by atoms with Crippen molar-refractivity contribution in [3.05, 3.63) is 0 Å². The molecule has 0 radical (unpaired) electrons. The number of piperidine rings is 3. The maximum atomic E-state index is 10.3. The molecule has 2 bridgehead atoms. The first kappa shape index (κ1) is 15.3. The van der Waals surface area contributed by atoms with Crippen LogP contribution in [-0.4, -0.2) is 70.4 Å². The average Bonchev–Trinajstić information content (AvgIpc) is 2.61. The molecule has 0 aromatic carbocycles. The van der Waals surface area contributed by atoms with Crippen LogP contribution in [0.2, 0.25) is 0 Å². The molecule has 2 atom stereocenters. The SMILES string of the molecule is N#CC12CNCC(C#N)(C3=NCNCN3C1=[Se])C21CCNCC1. The van der Waals surface area contributed by atoms with Crippen LogP contribution in [0.1, 0.15) is 12.8 Å². The van der Waals surface area contributed by atoms with Gasteiger partial charge in [-0.15, -0.1) is 0 Å². The van der Waals surface area contributed by atoms with Crippen LogP contribution in [-0.2, 0) is 0 Å². The van der Waals surface area contributed by atoms with E-state index in [1.165, 1.54) is 0 Å². The molecule has 1 spiro atoms. The van der Waals surface area contributed by atoms with E-state index in [2.05, 4.69) is 48.7 Å². The number of amidine groups is 1. The van der Waals surface area contributed by atoms with E-state index in [1.54, 1.807) is 0 Å². The molecular weight excluding hydrogens is 357 g/mol. The van der Waals surface area contributed by atoms with Gasteiger partial charge in [-0.1, -0.05) is 0 Å². The van der Waals surface area contributed by atoms with E-state index in [9.17, 15) is 10.5 Å². The van der Waals surface area contributed by atoms with Crippen LogP contribution in [0.25, 0.3) is 0 Å². The predicted molar refractivity (Wildman–Crippen MR) is 86.4 cm³/mol. The van der Waals surface area contributed by atoms with Crippen molar-refractivity contribution in [2.75, 3.05) is 39.5 Å². The third-order valence-electron chi connectivity index (χ3n) is 6.11. The summed E-state index contributed by atoms with van der Waals surface area (Å²) < 4.78 is 0.908. The van der Waals surface area contributed by atoms with E-state index in [-0.39, 0.29) is 0 Å². The molecule has 0 aliphatic carbocycles. The molecule has 3 fully saturated rings. The van der Waals surface area contributed by atoms with Crippen molar-refractivity contribution in [1.82, 2.24) is 20.9 Å². The Balaban J connectivity index is 2.02. The summed E-state index contributed by atoms with van der Waals surface area (Å²) in [7, 11) is 0. The summed E-state index contributed by atoms with van der Waals surface area (Å²) in [4.78, 5) is 6.71. The Kier molecular flexibility index (Phi) is 3.39. The van der Waals surface area contributed by atoms with E-state index >= 15 is 0 Å². The molecule has 0 aromatic heterocycles. The second kappa shape index (κ2) is 5.11. The van der Waals surface area contributed by atoms with E-state index in [4.69, 9.17) is 0 Å². The van der Waals surface area contributed by atoms with Crippen molar-refractivity contribution in [2.24, 2.45) is 21.2 Å². The molecule has 4 aliphatic rings. The fourth-order valence-electron chi connectivity index (χ4n) is 5.03. The van der Waals surface area contributed by atoms with E-state index in [0.29, 0.717) is 26.4 Å². The van der Waals surface area contributed by atoms with Crippen LogP contribution in [0.4, 0.5) is 0 Å². The van der Waals surface area contributed by atoms with Gasteiger partial charge < -0.3 is 0 Å². The zero-order chi connectivity index (χ0) is 16.1. The van der Waals surface area contributed by atoms with Gasteiger partial charge in [0.1, 0.15) is 0 Å². The number of rotatable bonds is 0. The van der Waals surface area contributed by atoms with Crippen molar-refractivity contribution in [3.8, 4) is 12.1 Å². The summed E-state index contributed by atoms with van der Waals surface area (Å²) >= 11 is 3.17. The summed E-state index contributed by atoms with van der Waals surface area (Å²) in [5.74, 6) is 0.826. The summed E-state index contributed by atoms with van der Waals surface area (Å²) in [5.41, 5.74) is -1.85. The van der Waals surface area contributed by atoms with Crippen LogP contribution in [0, 0.1) is 38.9 Å². The quantitative estimate of drug-likeness (QED) is 0.446. The first-order valence-electron chi connectivity index (χ1n) is 7.99. The molecule has 3 saturated heterocycles. The Morgan fingerprint density at radius 3 is 2.43 bits per heavy atom. The molecule has 4 heterocycles. The van der Waals surface area contributed by atoms with Gasteiger partial charge in [-0.05, 0) is 0 Å². The molecule has 4 aliphatic heterocycles. The molecule has 0 aromatic rings. The average molecular weight is 376 g/mol. The second-order valence-electron chi connectivity index (χ2n) is 6.75. The van der Waals surface area contributed by atoms with Gasteiger partial charge in [-0.25, -0.2) is 0 Å². The Hall–Kier alpha value is -1.28. The van der Waals surface area contributed by atoms with Gasteiger partial charge in [-0.3, -0.25) is 0 Å². The van der Waals surface area contributed by atoms with Gasteiger partial charge in [0.05, 0.1) is 0 Å². The summed E-state index contributed by atoms with van der Waals surface area (Å²) in [5, 5.41) is 30.5. The fourth-order valence-corrected chi connectivity index (χ4v) is 6.00. The molecular formula is C15H19N7Se. The van der Waals surface area contributed by atoms with E-state index in [0.717, 1.165) is 36.3 Å². The van der Waals surface area contributed by atoms with Crippen molar-refractivity contribution in [1.29, 1.82) is 10.5 Å². The number of fused-ring (bicyclic) bond motifs is 2. The van der Waals surface area contributed by atoms with Crippen molar-refractivity contribution >= 4 is 26.0 Å². The van der Waals surface area contributed by atoms with Gasteiger partial charge >= 0.3 is 143 Å². The van der Waals surface area contributed by atoms with Crippen molar-refractivity contribution < 1.29 is 0 Å². The third-order valence-corrected chi connectivity index (χ3v) is 7.30. The van der Waals surface area contributed by atoms with Gasteiger partial charge in [-0.2, -0.15) is 0 Å². The zero-order valence-corrected chi connectivity index (χ0v) is 14.6. The molecule has 2 unspecified atom stereocenters. The normalized spacial score (nSPS) is 38.3. The molecule has 4 rings (SSSR count). The van der Waals surface area contributed by atoms with Gasteiger partial charge in [0.2, 0.25) is 0 Å². The first-order chi connectivity index (χ1) is 11.2. The molecule has 7 nitrogen and oxygen atoms in total. The van der Waals surface area contributed by atoms with Crippen LogP contribution in [0.15, 0.2) is 4.99 Å². The van der Waals surface area contributed by atoms with Crippen LogP contribution >= 0.6 is 0 Å². The molecule has 0 saturated carbocycles. The Morgan fingerprint density at radius 1 is 1.04 bits per heavy atom. The zero-order valence-electron chi connectivity index (χ0n) is 12.9. The van der Waals surface area contributed by atoms with Crippen LogP contribution in [0.5, 0.6) is 0 Å². The topological polar surface area (TPSA) is 99.3 Å². The molecule has 3 N–H and O–H groups in total. The number of hydrogen-bond acceptors (Lipinski definition) is 7. The van der Waals surface area contributed by atoms with Gasteiger partial charge in [0.15, 0.2) is 0 Å². The van der Waals surface area contributed by atoms with Crippen molar-refractivity contribution in [3.63, 3.8) is 0 Å². The van der Waals surface area contributed by atoms with Gasteiger partial charge in [0, 0.05) is 0 Å². The second-order valence-corrected chi connectivity index (χ2v) is 7.56. The summed E-state index contributed by atoms with van der Waals surface area (Å²) in [6, 6.07) is 5.24. The Bertz CT molecular complexity index is 668. The van der Waals surface area contributed by atoms with Crippen LogP contribution < -0.4 is 16.0 Å². The number of nitrogens with zero attached hydrogens (tertiary/aromatic N) is 4. The summed E-state index contributed by atoms with van der Waals surface area (Å²) in [6.45, 7) is 3.95. The first-order valence-corrected chi connectivity index (χ1v) is 8.85. The fraction of sp³-hybridized carbons (Fsp3) is 0.733. The Labute approximate surface area is 143 Å². The number of nitrogens with one attached hydrogen (secondary N) is 3. The summed E-state index contributed by atoms with van der Waals surface area (Å²) in [6.07, 6.45) is 1.64. The monoisotopic (exact) mass is 377 g/mol. The third kappa shape index (κ3) is 1.58.